The maximum Gasteiger partial charge on any atom is 0.199 e. The lowest BCUT2D eigenvalue weighted by atomic mass is 9.99. The molecule has 2 aromatic carbocycles. The van der Waals surface area contributed by atoms with Gasteiger partial charge in [-0.2, -0.15) is 0 Å². The molecule has 0 bridgehead atoms. The average molecular weight is 337 g/mol. The molecule has 2 rings (SSSR count). The Balaban J connectivity index is 2.39. The number of hydrogen-bond acceptors (Lipinski definition) is 2. The summed E-state index contributed by atoms with van der Waals surface area (Å²) in [6.07, 6.45) is -0.787. The number of benzene rings is 2. The Labute approximate surface area is 125 Å². The number of ketones is 1. The highest BCUT2D eigenvalue weighted by molar-refractivity contribution is 9.10. The van der Waals surface area contributed by atoms with Crippen LogP contribution in [0.1, 0.15) is 28.9 Å². The van der Waals surface area contributed by atoms with E-state index in [0.717, 1.165) is 5.56 Å². The van der Waals surface area contributed by atoms with E-state index in [-0.39, 0.29) is 15.8 Å². The number of Topliss-reactive ketones (excluding diaryl/α,β-unsaturated/α-hetero) is 1. The number of carbonyl (C=O) groups is 1. The normalized spacial score (nSPS) is 12.2. The summed E-state index contributed by atoms with van der Waals surface area (Å²) in [7, 11) is 0. The summed E-state index contributed by atoms with van der Waals surface area (Å²) in [5.74, 6) is -0.935. The molecule has 0 aliphatic carbocycles. The van der Waals surface area contributed by atoms with Gasteiger partial charge in [0.25, 0.3) is 0 Å². The van der Waals surface area contributed by atoms with E-state index < -0.39 is 11.9 Å². The molecule has 0 aliphatic rings. The SMILES string of the molecule is CCOC(C(=O)c1cccc(Br)c1F)c1ccccc1. The molecule has 0 saturated heterocycles. The third-order valence-corrected chi connectivity index (χ3v) is 3.50. The van der Waals surface area contributed by atoms with Gasteiger partial charge in [-0.25, -0.2) is 4.39 Å². The van der Waals surface area contributed by atoms with Crippen molar-refractivity contribution >= 4 is 21.7 Å². The third kappa shape index (κ3) is 3.14. The summed E-state index contributed by atoms with van der Waals surface area (Å²) in [5, 5.41) is 0. The highest BCUT2D eigenvalue weighted by Gasteiger charge is 2.25. The van der Waals surface area contributed by atoms with Gasteiger partial charge in [0, 0.05) is 6.61 Å². The Bertz CT molecular complexity index is 599. The molecule has 0 amide bonds. The number of halogens is 2. The second-order valence-electron chi connectivity index (χ2n) is 4.21. The molecular formula is C16H14BrFO2. The summed E-state index contributed by atoms with van der Waals surface area (Å²) in [4.78, 5) is 12.5. The van der Waals surface area contributed by atoms with Crippen LogP contribution in [0, 0.1) is 5.82 Å². The zero-order valence-corrected chi connectivity index (χ0v) is 12.6. The van der Waals surface area contributed by atoms with Gasteiger partial charge in [-0.05, 0) is 40.5 Å². The molecule has 0 heterocycles. The Kier molecular flexibility index (Phi) is 5.04. The Morgan fingerprint density at radius 1 is 1.20 bits per heavy atom. The van der Waals surface area contributed by atoms with Crippen LogP contribution in [0.15, 0.2) is 53.0 Å². The van der Waals surface area contributed by atoms with Crippen LogP contribution in [0.3, 0.4) is 0 Å². The maximum absolute atomic E-state index is 14.0. The molecule has 0 aromatic heterocycles. The van der Waals surface area contributed by atoms with Crippen molar-refractivity contribution < 1.29 is 13.9 Å². The quantitative estimate of drug-likeness (QED) is 0.749. The third-order valence-electron chi connectivity index (χ3n) is 2.89. The van der Waals surface area contributed by atoms with Crippen LogP contribution in [-0.4, -0.2) is 12.4 Å². The summed E-state index contributed by atoms with van der Waals surface area (Å²) in [6.45, 7) is 2.18. The van der Waals surface area contributed by atoms with E-state index in [4.69, 9.17) is 4.74 Å². The molecule has 0 spiro atoms. The molecule has 1 atom stereocenters. The first kappa shape index (κ1) is 14.9. The molecule has 0 radical (unpaired) electrons. The highest BCUT2D eigenvalue weighted by Crippen LogP contribution is 2.26. The van der Waals surface area contributed by atoms with Crippen LogP contribution in [0.4, 0.5) is 4.39 Å². The van der Waals surface area contributed by atoms with Gasteiger partial charge in [0.2, 0.25) is 0 Å². The van der Waals surface area contributed by atoms with Crippen LogP contribution < -0.4 is 0 Å². The number of rotatable bonds is 5. The van der Waals surface area contributed by atoms with E-state index >= 15 is 0 Å². The summed E-state index contributed by atoms with van der Waals surface area (Å²) in [6, 6.07) is 13.8. The molecule has 2 aromatic rings. The minimum atomic E-state index is -0.787. The molecular weight excluding hydrogens is 323 g/mol. The molecule has 0 N–H and O–H groups in total. The zero-order valence-electron chi connectivity index (χ0n) is 11.0. The van der Waals surface area contributed by atoms with E-state index in [1.54, 1.807) is 31.2 Å². The fourth-order valence-corrected chi connectivity index (χ4v) is 2.32. The first-order chi connectivity index (χ1) is 9.65. The predicted molar refractivity (Wildman–Crippen MR) is 79.2 cm³/mol. The van der Waals surface area contributed by atoms with Crippen LogP contribution in [0.5, 0.6) is 0 Å². The monoisotopic (exact) mass is 336 g/mol. The lowest BCUT2D eigenvalue weighted by molar-refractivity contribution is 0.0448. The van der Waals surface area contributed by atoms with Crippen LogP contribution in [-0.2, 0) is 4.74 Å². The van der Waals surface area contributed by atoms with Gasteiger partial charge in [0.05, 0.1) is 10.0 Å². The van der Waals surface area contributed by atoms with Gasteiger partial charge in [-0.1, -0.05) is 36.4 Å². The van der Waals surface area contributed by atoms with E-state index in [0.29, 0.717) is 6.61 Å². The van der Waals surface area contributed by atoms with E-state index in [2.05, 4.69) is 15.9 Å². The molecule has 4 heteroatoms. The van der Waals surface area contributed by atoms with E-state index in [1.807, 2.05) is 18.2 Å². The zero-order chi connectivity index (χ0) is 14.5. The summed E-state index contributed by atoms with van der Waals surface area (Å²) in [5.41, 5.74) is 0.750. The number of hydrogen-bond donors (Lipinski definition) is 0. The number of carbonyl (C=O) groups excluding carboxylic acids is 1. The van der Waals surface area contributed by atoms with Crippen molar-refractivity contribution in [1.29, 1.82) is 0 Å². The molecule has 20 heavy (non-hydrogen) atoms. The summed E-state index contributed by atoms with van der Waals surface area (Å²) >= 11 is 3.09. The van der Waals surface area contributed by atoms with E-state index in [1.165, 1.54) is 6.07 Å². The van der Waals surface area contributed by atoms with Crippen LogP contribution >= 0.6 is 15.9 Å². The lowest BCUT2D eigenvalue weighted by Crippen LogP contribution is -2.18. The Hall–Kier alpha value is -1.52. The molecule has 104 valence electrons. The van der Waals surface area contributed by atoms with Crippen molar-refractivity contribution in [3.05, 3.63) is 69.9 Å². The maximum atomic E-state index is 14.0. The predicted octanol–water partition coefficient (Wildman–Crippen LogP) is 4.55. The van der Waals surface area contributed by atoms with Gasteiger partial charge in [0.1, 0.15) is 11.9 Å². The fourth-order valence-electron chi connectivity index (χ4n) is 1.95. The second-order valence-corrected chi connectivity index (χ2v) is 5.07. The van der Waals surface area contributed by atoms with Gasteiger partial charge in [-0.3, -0.25) is 4.79 Å². The minimum Gasteiger partial charge on any atom is -0.366 e. The van der Waals surface area contributed by atoms with Gasteiger partial charge in [-0.15, -0.1) is 0 Å². The fraction of sp³-hybridized carbons (Fsp3) is 0.188. The van der Waals surface area contributed by atoms with E-state index in [9.17, 15) is 9.18 Å². The molecule has 0 fully saturated rings. The smallest absolute Gasteiger partial charge is 0.199 e. The minimum absolute atomic E-state index is 0.0293. The highest BCUT2D eigenvalue weighted by atomic mass is 79.9. The van der Waals surface area contributed by atoms with Crippen LogP contribution in [0.25, 0.3) is 0 Å². The second kappa shape index (κ2) is 6.77. The summed E-state index contributed by atoms with van der Waals surface area (Å²) < 4.78 is 19.8. The van der Waals surface area contributed by atoms with Crippen molar-refractivity contribution in [2.24, 2.45) is 0 Å². The molecule has 0 aliphatic heterocycles. The molecule has 2 nitrogen and oxygen atoms in total. The first-order valence-electron chi connectivity index (χ1n) is 6.30. The topological polar surface area (TPSA) is 26.3 Å². The van der Waals surface area contributed by atoms with Crippen molar-refractivity contribution in [2.75, 3.05) is 6.61 Å². The standard InChI is InChI=1S/C16H14BrFO2/c1-2-20-16(11-7-4-3-5-8-11)15(19)12-9-6-10-13(17)14(12)18/h3-10,16H,2H2,1H3. The number of ether oxygens (including phenoxy) is 1. The van der Waals surface area contributed by atoms with Crippen molar-refractivity contribution in [3.63, 3.8) is 0 Å². The Morgan fingerprint density at radius 3 is 2.55 bits per heavy atom. The van der Waals surface area contributed by atoms with Crippen molar-refractivity contribution in [3.8, 4) is 0 Å². The van der Waals surface area contributed by atoms with Gasteiger partial charge < -0.3 is 4.74 Å². The average Bonchev–Trinajstić information content (AvgIpc) is 2.48. The van der Waals surface area contributed by atoms with Gasteiger partial charge >= 0.3 is 0 Å². The van der Waals surface area contributed by atoms with Crippen molar-refractivity contribution in [2.45, 2.75) is 13.0 Å². The molecule has 1 unspecified atom stereocenters. The first-order valence-corrected chi connectivity index (χ1v) is 7.09. The lowest BCUT2D eigenvalue weighted by Gasteiger charge is -2.17. The Morgan fingerprint density at radius 2 is 1.90 bits per heavy atom. The largest absolute Gasteiger partial charge is 0.366 e. The van der Waals surface area contributed by atoms with Crippen LogP contribution in [0.2, 0.25) is 0 Å². The van der Waals surface area contributed by atoms with Crippen molar-refractivity contribution in [1.82, 2.24) is 0 Å². The molecule has 0 saturated carbocycles. The van der Waals surface area contributed by atoms with Gasteiger partial charge in [0.15, 0.2) is 5.78 Å².